The molecular weight excluding hydrogens is 904 g/mol. The van der Waals surface area contributed by atoms with Gasteiger partial charge < -0.3 is 0 Å². The quantitative estimate of drug-likeness (QED) is 0.0981. The Kier molecular flexibility index (Phi) is 11.5. The van der Waals surface area contributed by atoms with Crippen LogP contribution in [0.5, 0.6) is 0 Å². The molecule has 50 heavy (non-hydrogen) atoms. The maximum atomic E-state index is 14.2. The second-order valence-corrected chi connectivity index (χ2v) is 17.6. The Morgan fingerprint density at radius 1 is 0.200 bits per heavy atom. The molecule has 0 radical (unpaired) electrons. The fourth-order valence-corrected chi connectivity index (χ4v) is 5.75. The summed E-state index contributed by atoms with van der Waals surface area (Å²) in [6.45, 7) is 0. The van der Waals surface area contributed by atoms with E-state index in [0.29, 0.717) is 0 Å². The Hall–Kier alpha value is -1.08. The van der Waals surface area contributed by atoms with Gasteiger partial charge in [0.15, 0.2) is 0 Å². The van der Waals surface area contributed by atoms with E-state index in [1.807, 2.05) is 0 Å². The van der Waals surface area contributed by atoms with Gasteiger partial charge in [-0.25, -0.2) is 4.39 Å². The molecular formula is C15Cl3F31Si. The first kappa shape index (κ1) is 48.9. The normalized spacial score (nSPS) is 18.4. The molecule has 0 rings (SSSR count). The summed E-state index contributed by atoms with van der Waals surface area (Å²) in [5, 5.41) is -7.99. The third-order valence-corrected chi connectivity index (χ3v) is 9.63. The highest BCUT2D eigenvalue weighted by molar-refractivity contribution is 7.65. The van der Waals surface area contributed by atoms with E-state index in [2.05, 4.69) is 33.2 Å². The van der Waals surface area contributed by atoms with E-state index in [0.717, 1.165) is 0 Å². The van der Waals surface area contributed by atoms with Crippen LogP contribution >= 0.6 is 33.2 Å². The van der Waals surface area contributed by atoms with Crippen LogP contribution in [0.1, 0.15) is 0 Å². The van der Waals surface area contributed by atoms with E-state index < -0.39 is 94.7 Å². The molecule has 0 fully saturated rings. The minimum Gasteiger partial charge on any atom is -0.226 e. The van der Waals surface area contributed by atoms with E-state index >= 15 is 0 Å². The maximum absolute atomic E-state index is 14.2. The van der Waals surface area contributed by atoms with Crippen LogP contribution in [0.25, 0.3) is 0 Å². The molecule has 0 amide bonds. The van der Waals surface area contributed by atoms with Gasteiger partial charge in [0.05, 0.1) is 0 Å². The maximum Gasteiger partial charge on any atom is 0.460 e. The van der Waals surface area contributed by atoms with Crippen molar-refractivity contribution in [3.05, 3.63) is 0 Å². The first-order chi connectivity index (χ1) is 20.8. The average Bonchev–Trinajstić information content (AvgIpc) is 2.84. The van der Waals surface area contributed by atoms with Crippen LogP contribution in [0.2, 0.25) is 0 Å². The highest BCUT2D eigenvalue weighted by atomic mass is 35.8. The van der Waals surface area contributed by atoms with Crippen molar-refractivity contribution in [3.8, 4) is 0 Å². The summed E-state index contributed by atoms with van der Waals surface area (Å²) in [4.78, 5) is 0. The SMILES string of the molecule is FC(F)(F)C(F)(F)C(F)(F)C(F)(F)C(F)(F)C(F)(F)C(F)(F)C(F)(F)C(F)(F)C(F)(F)C(F)(F)C(F)(F)C(F)(F)C(F)(C(F)(F)F)[Si](Cl)(Cl)Cl. The molecule has 302 valence electrons. The number of hydrogen-bond donors (Lipinski definition) is 0. The van der Waals surface area contributed by atoms with Crippen molar-refractivity contribution in [1.82, 2.24) is 0 Å². The molecule has 1 unspecified atom stereocenters. The van der Waals surface area contributed by atoms with Crippen LogP contribution in [0.4, 0.5) is 136 Å². The zero-order valence-electron chi connectivity index (χ0n) is 20.9. The zero-order valence-corrected chi connectivity index (χ0v) is 24.1. The molecule has 0 aromatic carbocycles. The van der Waals surface area contributed by atoms with Gasteiger partial charge in [0.25, 0.3) is 0 Å². The molecule has 0 aliphatic carbocycles. The first-order valence-electron chi connectivity index (χ1n) is 10.2. The number of halogens is 34. The van der Waals surface area contributed by atoms with Crippen molar-refractivity contribution in [2.45, 2.75) is 88.7 Å². The van der Waals surface area contributed by atoms with Gasteiger partial charge in [-0.15, -0.1) is 33.2 Å². The molecule has 0 bridgehead atoms. The van der Waals surface area contributed by atoms with Gasteiger partial charge in [-0.05, 0) is 0 Å². The van der Waals surface area contributed by atoms with Gasteiger partial charge in [0.1, 0.15) is 0 Å². The lowest BCUT2D eigenvalue weighted by molar-refractivity contribution is -0.486. The number of rotatable bonds is 13. The Morgan fingerprint density at radius 3 is 0.460 bits per heavy atom. The molecule has 35 heteroatoms. The van der Waals surface area contributed by atoms with Crippen molar-refractivity contribution < 1.29 is 136 Å². The second kappa shape index (κ2) is 11.7. The van der Waals surface area contributed by atoms with Crippen LogP contribution in [-0.2, 0) is 0 Å². The molecule has 0 aliphatic heterocycles. The van der Waals surface area contributed by atoms with Gasteiger partial charge >= 0.3 is 94.7 Å². The lowest BCUT2D eigenvalue weighted by atomic mass is 9.83. The highest BCUT2D eigenvalue weighted by Crippen LogP contribution is 2.70. The molecule has 1 atom stereocenters. The first-order valence-corrected chi connectivity index (χ1v) is 15.2. The van der Waals surface area contributed by atoms with Gasteiger partial charge in [-0.2, -0.15) is 132 Å². The predicted octanol–water partition coefficient (Wildman–Crippen LogP) is 11.6. The molecule has 0 aromatic heterocycles. The Labute approximate surface area is 264 Å². The molecule has 0 N–H and O–H groups in total. The van der Waals surface area contributed by atoms with E-state index in [1.165, 1.54) is 0 Å². The number of hydrogen-bond acceptors (Lipinski definition) is 0. The molecule has 0 aliphatic rings. The Bertz CT molecular complexity index is 1240. The fourth-order valence-electron chi connectivity index (χ4n) is 2.88. The van der Waals surface area contributed by atoms with Crippen molar-refractivity contribution in [1.29, 1.82) is 0 Å². The molecule has 0 saturated carbocycles. The van der Waals surface area contributed by atoms with E-state index in [9.17, 15) is 136 Å². The summed E-state index contributed by atoms with van der Waals surface area (Å²) in [7, 11) is 0. The Morgan fingerprint density at radius 2 is 0.340 bits per heavy atom. The van der Waals surface area contributed by atoms with Crippen molar-refractivity contribution in [3.63, 3.8) is 0 Å². The zero-order chi connectivity index (χ0) is 42.0. The minimum atomic E-state index is -10.1. The largest absolute Gasteiger partial charge is 0.460 e. The van der Waals surface area contributed by atoms with Gasteiger partial charge in [-0.1, -0.05) is 0 Å². The van der Waals surface area contributed by atoms with E-state index in [4.69, 9.17) is 0 Å². The van der Waals surface area contributed by atoms with Crippen LogP contribution in [0.15, 0.2) is 0 Å². The highest BCUT2D eigenvalue weighted by Gasteiger charge is 3.02. The third kappa shape index (κ3) is 5.52. The minimum absolute atomic E-state index is 4.10. The summed E-state index contributed by atoms with van der Waals surface area (Å²) in [6, 6.07) is -7.72. The van der Waals surface area contributed by atoms with Crippen LogP contribution in [-0.4, -0.2) is 94.7 Å². The van der Waals surface area contributed by atoms with Gasteiger partial charge in [-0.3, -0.25) is 0 Å². The van der Waals surface area contributed by atoms with Crippen LogP contribution < -0.4 is 0 Å². The predicted molar refractivity (Wildman–Crippen MR) is 98.6 cm³/mol. The lowest BCUT2D eigenvalue weighted by Crippen LogP contribution is -2.80. The van der Waals surface area contributed by atoms with Crippen LogP contribution in [0.3, 0.4) is 0 Å². The smallest absolute Gasteiger partial charge is 0.226 e. The monoisotopic (exact) mass is 902 g/mol. The molecule has 0 nitrogen and oxygen atoms in total. The van der Waals surface area contributed by atoms with Crippen molar-refractivity contribution in [2.24, 2.45) is 0 Å². The van der Waals surface area contributed by atoms with E-state index in [1.54, 1.807) is 0 Å². The van der Waals surface area contributed by atoms with Crippen LogP contribution in [0, 0.1) is 0 Å². The summed E-state index contributed by atoms with van der Waals surface area (Å²) >= 11 is 12.3. The molecule has 0 heterocycles. The fraction of sp³-hybridized carbons (Fsp3) is 1.00. The van der Waals surface area contributed by atoms with Gasteiger partial charge in [0.2, 0.25) is 0 Å². The van der Waals surface area contributed by atoms with Crippen molar-refractivity contribution in [2.75, 3.05) is 0 Å². The third-order valence-electron chi connectivity index (χ3n) is 5.91. The second-order valence-electron chi connectivity index (χ2n) is 9.04. The Balaban J connectivity index is 7.80. The lowest BCUT2D eigenvalue weighted by Gasteiger charge is -2.47. The summed E-state index contributed by atoms with van der Waals surface area (Å²) in [5.41, 5.74) is 0. The molecule has 0 spiro atoms. The number of alkyl halides is 31. The standard InChI is InChI=1S/C15Cl3F31Si/c16-50(17,18)13(43,15(47,48)49)11(39,40)9(35,36)7(31,32)5(27,28)3(23,24)1(19,20)2(21,22)4(25,26)6(29,30)8(33,34)10(37,38)12(41,42)14(44,45)46. The molecule has 0 aromatic rings. The van der Waals surface area contributed by atoms with E-state index in [-0.39, 0.29) is 0 Å². The topological polar surface area (TPSA) is 0 Å². The summed E-state index contributed by atoms with van der Waals surface area (Å²) < 4.78 is 416. The average molecular weight is 904 g/mol. The summed E-state index contributed by atoms with van der Waals surface area (Å²) in [6.07, 6.45) is -16.4. The molecule has 0 saturated heterocycles. The summed E-state index contributed by atoms with van der Waals surface area (Å²) in [5.74, 6) is -116. The van der Waals surface area contributed by atoms with Gasteiger partial charge in [0, 0.05) is 0 Å². The van der Waals surface area contributed by atoms with Crippen molar-refractivity contribution >= 4 is 39.2 Å².